The van der Waals surface area contributed by atoms with Gasteiger partial charge in [-0.15, -0.1) is 0 Å². The number of ether oxygens (including phenoxy) is 1. The number of halogens is 2. The number of nitrogens with zero attached hydrogens (tertiary/aromatic N) is 1. The standard InChI is InChI=1S/C10H12F2N2O2/c1-2-16-9(15)14-7-10(11,12)8-5-3-4-6-13-8/h3-6H,2,7H2,1H3,(H,14,15). The van der Waals surface area contributed by atoms with Crippen LogP contribution in [0.4, 0.5) is 13.6 Å². The Morgan fingerprint density at radius 2 is 2.31 bits per heavy atom. The summed E-state index contributed by atoms with van der Waals surface area (Å²) < 4.78 is 31.3. The Hall–Kier alpha value is -1.72. The Labute approximate surface area is 91.6 Å². The summed E-state index contributed by atoms with van der Waals surface area (Å²) in [4.78, 5) is 14.4. The molecule has 0 radical (unpaired) electrons. The van der Waals surface area contributed by atoms with Gasteiger partial charge in [-0.25, -0.2) is 4.79 Å². The van der Waals surface area contributed by atoms with Crippen molar-refractivity contribution in [1.82, 2.24) is 10.3 Å². The number of hydrogen-bond donors (Lipinski definition) is 1. The molecule has 0 atom stereocenters. The lowest BCUT2D eigenvalue weighted by molar-refractivity contribution is -0.00766. The van der Waals surface area contributed by atoms with E-state index >= 15 is 0 Å². The molecule has 1 N–H and O–H groups in total. The Bertz CT molecular complexity index is 344. The summed E-state index contributed by atoms with van der Waals surface area (Å²) in [7, 11) is 0. The van der Waals surface area contributed by atoms with Crippen molar-refractivity contribution in [2.24, 2.45) is 0 Å². The topological polar surface area (TPSA) is 51.2 Å². The van der Waals surface area contributed by atoms with Crippen molar-refractivity contribution < 1.29 is 18.3 Å². The van der Waals surface area contributed by atoms with E-state index in [9.17, 15) is 13.6 Å². The summed E-state index contributed by atoms with van der Waals surface area (Å²) in [5, 5.41) is 1.97. The predicted molar refractivity (Wildman–Crippen MR) is 53.2 cm³/mol. The highest BCUT2D eigenvalue weighted by Gasteiger charge is 2.33. The third-order valence-corrected chi connectivity index (χ3v) is 1.77. The molecule has 0 saturated carbocycles. The monoisotopic (exact) mass is 230 g/mol. The van der Waals surface area contributed by atoms with E-state index in [1.165, 1.54) is 18.3 Å². The first-order valence-electron chi connectivity index (χ1n) is 4.76. The van der Waals surface area contributed by atoms with Crippen LogP contribution in [0.3, 0.4) is 0 Å². The van der Waals surface area contributed by atoms with Gasteiger partial charge >= 0.3 is 12.0 Å². The molecule has 0 saturated heterocycles. The minimum atomic E-state index is -3.20. The van der Waals surface area contributed by atoms with Crippen LogP contribution in [-0.2, 0) is 10.7 Å². The third kappa shape index (κ3) is 3.45. The fourth-order valence-electron chi connectivity index (χ4n) is 1.03. The predicted octanol–water partition coefficient (Wildman–Crippen LogP) is 1.92. The van der Waals surface area contributed by atoms with Crippen LogP contribution in [0, 0.1) is 0 Å². The molecule has 1 aromatic heterocycles. The number of carbonyl (C=O) groups is 1. The van der Waals surface area contributed by atoms with E-state index in [0.717, 1.165) is 0 Å². The molecule has 1 heterocycles. The molecular weight excluding hydrogens is 218 g/mol. The minimum absolute atomic E-state index is 0.140. The van der Waals surface area contributed by atoms with E-state index in [-0.39, 0.29) is 12.3 Å². The number of pyridine rings is 1. The number of carbonyl (C=O) groups excluding carboxylic acids is 1. The third-order valence-electron chi connectivity index (χ3n) is 1.77. The molecule has 0 fully saturated rings. The van der Waals surface area contributed by atoms with Gasteiger partial charge in [0, 0.05) is 6.20 Å². The Morgan fingerprint density at radius 1 is 1.56 bits per heavy atom. The van der Waals surface area contributed by atoms with Gasteiger partial charge in [0.25, 0.3) is 0 Å². The first-order chi connectivity index (χ1) is 7.56. The van der Waals surface area contributed by atoms with Gasteiger partial charge in [0.1, 0.15) is 5.69 Å². The maximum absolute atomic E-state index is 13.4. The molecule has 0 bridgehead atoms. The van der Waals surface area contributed by atoms with Gasteiger partial charge in [-0.2, -0.15) is 8.78 Å². The Morgan fingerprint density at radius 3 is 2.88 bits per heavy atom. The minimum Gasteiger partial charge on any atom is -0.450 e. The quantitative estimate of drug-likeness (QED) is 0.859. The summed E-state index contributed by atoms with van der Waals surface area (Å²) >= 11 is 0. The van der Waals surface area contributed by atoms with Gasteiger partial charge in [-0.3, -0.25) is 4.98 Å². The van der Waals surface area contributed by atoms with E-state index in [2.05, 4.69) is 9.72 Å². The average molecular weight is 230 g/mol. The number of rotatable bonds is 4. The largest absolute Gasteiger partial charge is 0.450 e. The highest BCUT2D eigenvalue weighted by molar-refractivity contribution is 5.67. The maximum atomic E-state index is 13.4. The van der Waals surface area contributed by atoms with Crippen molar-refractivity contribution in [1.29, 1.82) is 0 Å². The van der Waals surface area contributed by atoms with Gasteiger partial charge in [0.05, 0.1) is 13.2 Å². The van der Waals surface area contributed by atoms with E-state index in [1.54, 1.807) is 13.0 Å². The van der Waals surface area contributed by atoms with Gasteiger partial charge in [-0.1, -0.05) is 6.07 Å². The number of alkyl carbamates (subject to hydrolysis) is 1. The molecule has 1 rings (SSSR count). The van der Waals surface area contributed by atoms with Crippen LogP contribution >= 0.6 is 0 Å². The molecule has 0 aliphatic rings. The highest BCUT2D eigenvalue weighted by Crippen LogP contribution is 2.24. The van der Waals surface area contributed by atoms with Crippen LogP contribution < -0.4 is 5.32 Å². The number of amides is 1. The number of nitrogens with one attached hydrogen (secondary N) is 1. The van der Waals surface area contributed by atoms with E-state index in [0.29, 0.717) is 0 Å². The maximum Gasteiger partial charge on any atom is 0.407 e. The average Bonchev–Trinajstić information content (AvgIpc) is 2.28. The van der Waals surface area contributed by atoms with Crippen LogP contribution in [0.5, 0.6) is 0 Å². The molecule has 16 heavy (non-hydrogen) atoms. The van der Waals surface area contributed by atoms with Crippen molar-refractivity contribution in [3.63, 3.8) is 0 Å². The van der Waals surface area contributed by atoms with E-state index in [1.807, 2.05) is 5.32 Å². The van der Waals surface area contributed by atoms with Crippen molar-refractivity contribution in [3.05, 3.63) is 30.1 Å². The van der Waals surface area contributed by atoms with Gasteiger partial charge in [-0.05, 0) is 19.1 Å². The zero-order valence-electron chi connectivity index (χ0n) is 8.74. The molecule has 0 spiro atoms. The van der Waals surface area contributed by atoms with Crippen LogP contribution in [0.25, 0.3) is 0 Å². The van der Waals surface area contributed by atoms with Crippen molar-refractivity contribution in [2.45, 2.75) is 12.8 Å². The SMILES string of the molecule is CCOC(=O)NCC(F)(F)c1ccccn1. The molecule has 0 aliphatic heterocycles. The molecule has 6 heteroatoms. The van der Waals surface area contributed by atoms with Crippen LogP contribution in [0.2, 0.25) is 0 Å². The molecule has 0 unspecified atom stereocenters. The number of hydrogen-bond acceptors (Lipinski definition) is 3. The van der Waals surface area contributed by atoms with Crippen LogP contribution in [-0.4, -0.2) is 24.2 Å². The van der Waals surface area contributed by atoms with Gasteiger partial charge in [0.15, 0.2) is 0 Å². The molecule has 4 nitrogen and oxygen atoms in total. The fraction of sp³-hybridized carbons (Fsp3) is 0.400. The molecule has 0 aliphatic carbocycles. The summed E-state index contributed by atoms with van der Waals surface area (Å²) in [5.74, 6) is -3.20. The summed E-state index contributed by atoms with van der Waals surface area (Å²) in [6, 6.07) is 4.20. The Kier molecular flexibility index (Phi) is 4.16. The lowest BCUT2D eigenvalue weighted by Crippen LogP contribution is -2.35. The van der Waals surface area contributed by atoms with Crippen molar-refractivity contribution in [3.8, 4) is 0 Å². The Balaban J connectivity index is 2.55. The molecule has 0 aromatic carbocycles. The molecule has 1 amide bonds. The lowest BCUT2D eigenvalue weighted by Gasteiger charge is -2.15. The summed E-state index contributed by atoms with van der Waals surface area (Å²) in [6.07, 6.45) is 0.409. The second-order valence-electron chi connectivity index (χ2n) is 2.99. The molecule has 1 aromatic rings. The second kappa shape index (κ2) is 5.39. The highest BCUT2D eigenvalue weighted by atomic mass is 19.3. The molecular formula is C10H12F2N2O2. The van der Waals surface area contributed by atoms with Gasteiger partial charge in [0.2, 0.25) is 0 Å². The first kappa shape index (κ1) is 12.4. The van der Waals surface area contributed by atoms with E-state index < -0.39 is 18.6 Å². The fourth-order valence-corrected chi connectivity index (χ4v) is 1.03. The van der Waals surface area contributed by atoms with Gasteiger partial charge < -0.3 is 10.1 Å². The first-order valence-corrected chi connectivity index (χ1v) is 4.76. The van der Waals surface area contributed by atoms with E-state index in [4.69, 9.17) is 0 Å². The normalized spacial score (nSPS) is 10.9. The number of alkyl halides is 2. The van der Waals surface area contributed by atoms with Crippen LogP contribution in [0.1, 0.15) is 12.6 Å². The molecule has 88 valence electrons. The summed E-state index contributed by atoms with van der Waals surface area (Å²) in [6.45, 7) is 0.903. The number of aromatic nitrogens is 1. The van der Waals surface area contributed by atoms with Crippen molar-refractivity contribution in [2.75, 3.05) is 13.2 Å². The van der Waals surface area contributed by atoms with Crippen LogP contribution in [0.15, 0.2) is 24.4 Å². The van der Waals surface area contributed by atoms with Crippen molar-refractivity contribution >= 4 is 6.09 Å². The zero-order chi connectivity index (χ0) is 12.0. The lowest BCUT2D eigenvalue weighted by atomic mass is 10.2. The smallest absolute Gasteiger partial charge is 0.407 e. The second-order valence-corrected chi connectivity index (χ2v) is 2.99. The zero-order valence-corrected chi connectivity index (χ0v) is 8.74. The summed E-state index contributed by atoms with van der Waals surface area (Å²) in [5.41, 5.74) is -0.383.